The molecule has 2 aromatic heterocycles. The lowest BCUT2D eigenvalue weighted by Crippen LogP contribution is -1.98. The van der Waals surface area contributed by atoms with Crippen LogP contribution in [0.5, 0.6) is 0 Å². The van der Waals surface area contributed by atoms with E-state index >= 15 is 0 Å². The van der Waals surface area contributed by atoms with Gasteiger partial charge in [-0.3, -0.25) is 4.68 Å². The van der Waals surface area contributed by atoms with Gasteiger partial charge in [0.2, 0.25) is 0 Å². The van der Waals surface area contributed by atoms with Gasteiger partial charge in [0.15, 0.2) is 0 Å². The fraction of sp³-hybridized carbons (Fsp3) is 0.200. The molecule has 0 unspecified atom stereocenters. The molecule has 0 saturated heterocycles. The summed E-state index contributed by atoms with van der Waals surface area (Å²) in [4.78, 5) is 4.30. The normalized spacial score (nSPS) is 10.9. The highest BCUT2D eigenvalue weighted by atomic mass is 16.3. The van der Waals surface area contributed by atoms with Gasteiger partial charge in [-0.1, -0.05) is 12.1 Å². The van der Waals surface area contributed by atoms with E-state index in [1.54, 1.807) is 10.9 Å². The number of nitrogens with one attached hydrogen (secondary N) is 1. The Kier molecular flexibility index (Phi) is 3.12. The Balaban J connectivity index is 2.16. The number of anilines is 1. The number of aliphatic hydroxyl groups is 1. The molecule has 1 aromatic carbocycles. The van der Waals surface area contributed by atoms with Crippen LogP contribution >= 0.6 is 0 Å². The maximum atomic E-state index is 9.46. The van der Waals surface area contributed by atoms with E-state index < -0.39 is 0 Å². The smallest absolute Gasteiger partial charge is 0.126 e. The van der Waals surface area contributed by atoms with Gasteiger partial charge in [-0.2, -0.15) is 5.10 Å². The number of nitrogens with zero attached hydrogens (tertiary/aromatic N) is 3. The molecule has 5 nitrogen and oxygen atoms in total. The van der Waals surface area contributed by atoms with Crippen molar-refractivity contribution in [3.63, 3.8) is 0 Å². The fourth-order valence-corrected chi connectivity index (χ4v) is 2.34. The predicted molar refractivity (Wildman–Crippen MR) is 79.4 cm³/mol. The minimum atomic E-state index is -0.0258. The van der Waals surface area contributed by atoms with Crippen molar-refractivity contribution in [2.75, 3.05) is 12.4 Å². The van der Waals surface area contributed by atoms with Crippen molar-refractivity contribution in [2.24, 2.45) is 7.05 Å². The van der Waals surface area contributed by atoms with Crippen molar-refractivity contribution in [3.05, 3.63) is 42.4 Å². The summed E-state index contributed by atoms with van der Waals surface area (Å²) >= 11 is 0. The zero-order valence-corrected chi connectivity index (χ0v) is 11.5. The number of benzene rings is 1. The molecule has 2 heterocycles. The van der Waals surface area contributed by atoms with Crippen molar-refractivity contribution < 1.29 is 5.11 Å². The van der Waals surface area contributed by atoms with Crippen molar-refractivity contribution >= 4 is 16.6 Å². The number of aliphatic hydroxyl groups excluding tert-OH is 1. The number of aryl methyl sites for hydroxylation is 1. The van der Waals surface area contributed by atoms with Gasteiger partial charge in [0.1, 0.15) is 5.82 Å². The van der Waals surface area contributed by atoms with Crippen LogP contribution in [0.1, 0.15) is 5.69 Å². The van der Waals surface area contributed by atoms with Crippen LogP contribution in [0.2, 0.25) is 0 Å². The summed E-state index contributed by atoms with van der Waals surface area (Å²) in [5.41, 5.74) is 2.81. The number of hydrogen-bond acceptors (Lipinski definition) is 4. The summed E-state index contributed by atoms with van der Waals surface area (Å²) in [5, 5.41) is 18.9. The van der Waals surface area contributed by atoms with Crippen LogP contribution in [-0.4, -0.2) is 26.9 Å². The lowest BCUT2D eigenvalue weighted by atomic mass is 10.0. The number of rotatable bonds is 3. The Labute approximate surface area is 116 Å². The number of hydrogen-bond donors (Lipinski definition) is 2. The lowest BCUT2D eigenvalue weighted by Gasteiger charge is -2.06. The molecule has 0 aliphatic rings. The largest absolute Gasteiger partial charge is 0.390 e. The first-order valence-corrected chi connectivity index (χ1v) is 6.42. The molecule has 102 valence electrons. The van der Waals surface area contributed by atoms with Gasteiger partial charge in [0.05, 0.1) is 18.5 Å². The molecule has 0 atom stereocenters. The van der Waals surface area contributed by atoms with Gasteiger partial charge in [-0.05, 0) is 23.1 Å². The topological polar surface area (TPSA) is 63.0 Å². The van der Waals surface area contributed by atoms with Gasteiger partial charge in [-0.15, -0.1) is 0 Å². The van der Waals surface area contributed by atoms with E-state index in [9.17, 15) is 5.11 Å². The first-order chi connectivity index (χ1) is 9.72. The van der Waals surface area contributed by atoms with E-state index in [0.29, 0.717) is 0 Å². The highest BCUT2D eigenvalue weighted by Crippen LogP contribution is 2.27. The maximum Gasteiger partial charge on any atom is 0.126 e. The third kappa shape index (κ3) is 2.02. The molecule has 0 aliphatic heterocycles. The lowest BCUT2D eigenvalue weighted by molar-refractivity contribution is 0.271. The zero-order valence-electron chi connectivity index (χ0n) is 11.5. The Morgan fingerprint density at radius 1 is 1.20 bits per heavy atom. The Morgan fingerprint density at radius 3 is 2.80 bits per heavy atom. The first kappa shape index (κ1) is 12.6. The molecule has 3 rings (SSSR count). The maximum absolute atomic E-state index is 9.46. The van der Waals surface area contributed by atoms with Gasteiger partial charge >= 0.3 is 0 Å². The SMILES string of the molecule is CNc1cc2cc(-c3cnn(C)c3CO)ccc2cn1. The summed E-state index contributed by atoms with van der Waals surface area (Å²) < 4.78 is 1.70. The van der Waals surface area contributed by atoms with E-state index in [1.165, 1.54) is 0 Å². The third-order valence-corrected chi connectivity index (χ3v) is 3.50. The highest BCUT2D eigenvalue weighted by molar-refractivity contribution is 5.88. The van der Waals surface area contributed by atoms with Gasteiger partial charge in [0, 0.05) is 31.2 Å². The molecule has 20 heavy (non-hydrogen) atoms. The molecule has 3 aromatic rings. The van der Waals surface area contributed by atoms with Crippen molar-refractivity contribution in [3.8, 4) is 11.1 Å². The molecule has 5 heteroatoms. The number of pyridine rings is 1. The van der Waals surface area contributed by atoms with Crippen molar-refractivity contribution in [1.82, 2.24) is 14.8 Å². The highest BCUT2D eigenvalue weighted by Gasteiger charge is 2.10. The second-order valence-corrected chi connectivity index (χ2v) is 4.67. The van der Waals surface area contributed by atoms with E-state index in [-0.39, 0.29) is 6.61 Å². The molecule has 0 aliphatic carbocycles. The second kappa shape index (κ2) is 4.94. The molecular formula is C15H16N4O. The molecule has 2 N–H and O–H groups in total. The quantitative estimate of drug-likeness (QED) is 0.764. The van der Waals surface area contributed by atoms with Crippen LogP contribution in [0.4, 0.5) is 5.82 Å². The van der Waals surface area contributed by atoms with E-state index in [0.717, 1.165) is 33.4 Å². The Bertz CT molecular complexity index is 764. The second-order valence-electron chi connectivity index (χ2n) is 4.67. The van der Waals surface area contributed by atoms with Crippen LogP contribution in [0.25, 0.3) is 21.9 Å². The van der Waals surface area contributed by atoms with Gasteiger partial charge in [0.25, 0.3) is 0 Å². The summed E-state index contributed by atoms with van der Waals surface area (Å²) in [6, 6.07) is 8.16. The van der Waals surface area contributed by atoms with Crippen LogP contribution < -0.4 is 5.32 Å². The standard InChI is InChI=1S/C15H16N4O/c1-16-15-6-12-5-10(3-4-11(12)7-17-15)13-8-18-19(2)14(13)9-20/h3-8,20H,9H2,1-2H3,(H,16,17). The van der Waals surface area contributed by atoms with E-state index in [2.05, 4.69) is 21.5 Å². The van der Waals surface area contributed by atoms with Crippen LogP contribution in [0.3, 0.4) is 0 Å². The fourth-order valence-electron chi connectivity index (χ4n) is 2.34. The van der Waals surface area contributed by atoms with Crippen molar-refractivity contribution in [2.45, 2.75) is 6.61 Å². The minimum Gasteiger partial charge on any atom is -0.390 e. The van der Waals surface area contributed by atoms with E-state index in [4.69, 9.17) is 0 Å². The van der Waals surface area contributed by atoms with E-state index in [1.807, 2.05) is 38.5 Å². The summed E-state index contributed by atoms with van der Waals surface area (Å²) in [6.07, 6.45) is 3.63. The van der Waals surface area contributed by atoms with Crippen LogP contribution in [0, 0.1) is 0 Å². The Morgan fingerprint density at radius 2 is 2.05 bits per heavy atom. The summed E-state index contributed by atoms with van der Waals surface area (Å²) in [5.74, 6) is 0.836. The average molecular weight is 268 g/mol. The Hall–Kier alpha value is -2.40. The number of fused-ring (bicyclic) bond motifs is 1. The average Bonchev–Trinajstić information content (AvgIpc) is 2.86. The van der Waals surface area contributed by atoms with Crippen LogP contribution in [0.15, 0.2) is 36.7 Å². The van der Waals surface area contributed by atoms with Gasteiger partial charge < -0.3 is 10.4 Å². The first-order valence-electron chi connectivity index (χ1n) is 6.42. The summed E-state index contributed by atoms with van der Waals surface area (Å²) in [6.45, 7) is -0.0258. The van der Waals surface area contributed by atoms with Crippen LogP contribution in [-0.2, 0) is 13.7 Å². The van der Waals surface area contributed by atoms with Crippen molar-refractivity contribution in [1.29, 1.82) is 0 Å². The van der Waals surface area contributed by atoms with Gasteiger partial charge in [-0.25, -0.2) is 4.98 Å². The minimum absolute atomic E-state index is 0.0258. The number of aromatic nitrogens is 3. The zero-order chi connectivity index (χ0) is 14.1. The molecule has 0 radical (unpaired) electrons. The molecule has 0 spiro atoms. The monoisotopic (exact) mass is 268 g/mol. The molecule has 0 bridgehead atoms. The third-order valence-electron chi connectivity index (χ3n) is 3.50. The molecular weight excluding hydrogens is 252 g/mol. The predicted octanol–water partition coefficient (Wildman–Crippen LogP) is 2.17. The molecule has 0 amide bonds. The summed E-state index contributed by atoms with van der Waals surface area (Å²) in [7, 11) is 3.68. The molecule has 0 fully saturated rings. The molecule has 0 saturated carbocycles.